The van der Waals surface area contributed by atoms with Gasteiger partial charge in [-0.3, -0.25) is 9.59 Å². The molecular weight excluding hydrogens is 602 g/mol. The molecule has 2 N–H and O–H groups in total. The minimum atomic E-state index is -0.440. The summed E-state index contributed by atoms with van der Waals surface area (Å²) in [4.78, 5) is 28.0. The van der Waals surface area contributed by atoms with Gasteiger partial charge in [-0.05, 0) is 86.0 Å². The van der Waals surface area contributed by atoms with Gasteiger partial charge in [-0.1, -0.05) is 40.2 Å². The van der Waals surface area contributed by atoms with Crippen molar-refractivity contribution in [1.29, 1.82) is 0 Å². The summed E-state index contributed by atoms with van der Waals surface area (Å²) in [6.45, 7) is 0. The van der Waals surface area contributed by atoms with E-state index in [9.17, 15) is 9.59 Å². The molecule has 0 atom stereocenters. The first-order chi connectivity index (χ1) is 15.2. The molecule has 0 radical (unpaired) electrons. The first kappa shape index (κ1) is 24.2. The van der Waals surface area contributed by atoms with Gasteiger partial charge in [-0.2, -0.15) is 0 Å². The van der Waals surface area contributed by atoms with E-state index in [-0.39, 0.29) is 5.70 Å². The third-order valence-electron chi connectivity index (χ3n) is 4.51. The largest absolute Gasteiger partial charge is 0.378 e. The minimum absolute atomic E-state index is 0.123. The van der Waals surface area contributed by atoms with Crippen LogP contribution in [-0.2, 0) is 4.79 Å². The quantitative estimate of drug-likeness (QED) is 0.311. The molecule has 164 valence electrons. The zero-order chi connectivity index (χ0) is 23.3. The predicted molar refractivity (Wildman–Crippen MR) is 141 cm³/mol. The number of carbonyl (C=O) groups excluding carboxylic acids is 2. The van der Waals surface area contributed by atoms with Gasteiger partial charge in [0.25, 0.3) is 11.8 Å². The monoisotopic (exact) mass is 619 g/mol. The normalized spacial score (nSPS) is 11.1. The van der Waals surface area contributed by atoms with Crippen LogP contribution < -0.4 is 15.5 Å². The maximum atomic E-state index is 13.1. The highest BCUT2D eigenvalue weighted by atomic mass is 79.9. The highest BCUT2D eigenvalue weighted by molar-refractivity contribution is 9.11. The molecule has 0 aliphatic heterocycles. The van der Waals surface area contributed by atoms with Gasteiger partial charge in [0.1, 0.15) is 5.70 Å². The lowest BCUT2D eigenvalue weighted by atomic mass is 10.1. The number of carbonyl (C=O) groups is 2. The molecule has 0 fully saturated rings. The Morgan fingerprint density at radius 1 is 0.875 bits per heavy atom. The highest BCUT2D eigenvalue weighted by Gasteiger charge is 2.17. The summed E-state index contributed by atoms with van der Waals surface area (Å²) in [5, 5.41) is 5.61. The van der Waals surface area contributed by atoms with Crippen LogP contribution in [0.3, 0.4) is 0 Å². The number of rotatable bonds is 6. The lowest BCUT2D eigenvalue weighted by molar-refractivity contribution is -0.113. The number of benzene rings is 3. The van der Waals surface area contributed by atoms with Crippen molar-refractivity contribution in [2.24, 2.45) is 0 Å². The molecule has 8 heteroatoms. The van der Waals surface area contributed by atoms with Crippen molar-refractivity contribution in [3.05, 3.63) is 97.0 Å². The summed E-state index contributed by atoms with van der Waals surface area (Å²) >= 11 is 10.2. The summed E-state index contributed by atoms with van der Waals surface area (Å²) in [5.74, 6) is -0.830. The van der Waals surface area contributed by atoms with Crippen molar-refractivity contribution >= 4 is 77.1 Å². The Hall–Kier alpha value is -2.42. The van der Waals surface area contributed by atoms with Gasteiger partial charge in [0.15, 0.2) is 0 Å². The second-order valence-corrected chi connectivity index (χ2v) is 9.68. The van der Waals surface area contributed by atoms with Gasteiger partial charge in [0.05, 0.1) is 11.3 Å². The molecule has 32 heavy (non-hydrogen) atoms. The van der Waals surface area contributed by atoms with Crippen LogP contribution in [0.2, 0.25) is 0 Å². The number of anilines is 2. The average molecular weight is 622 g/mol. The van der Waals surface area contributed by atoms with Crippen LogP contribution >= 0.6 is 47.8 Å². The summed E-state index contributed by atoms with van der Waals surface area (Å²) in [6, 6.07) is 20.1. The predicted octanol–water partition coefficient (Wildman–Crippen LogP) is 6.45. The van der Waals surface area contributed by atoms with E-state index in [1.807, 2.05) is 61.5 Å². The Bertz CT molecular complexity index is 1180. The summed E-state index contributed by atoms with van der Waals surface area (Å²) < 4.78 is 2.23. The van der Waals surface area contributed by atoms with Crippen LogP contribution in [0.15, 0.2) is 85.8 Å². The molecular formula is C24H20Br3N3O2. The molecule has 3 aromatic rings. The fraction of sp³-hybridized carbons (Fsp3) is 0.0833. The second-order valence-electron chi connectivity index (χ2n) is 7.06. The van der Waals surface area contributed by atoms with E-state index in [0.29, 0.717) is 20.2 Å². The number of halogens is 3. The van der Waals surface area contributed by atoms with E-state index in [0.717, 1.165) is 15.7 Å². The van der Waals surface area contributed by atoms with Crippen LogP contribution in [-0.4, -0.2) is 25.9 Å². The van der Waals surface area contributed by atoms with E-state index in [4.69, 9.17) is 0 Å². The third kappa shape index (κ3) is 6.31. The Labute approximate surface area is 212 Å². The van der Waals surface area contributed by atoms with Crippen molar-refractivity contribution in [1.82, 2.24) is 5.32 Å². The molecule has 0 saturated heterocycles. The number of hydrogen-bond acceptors (Lipinski definition) is 3. The summed E-state index contributed by atoms with van der Waals surface area (Å²) in [7, 11) is 3.91. The first-order valence-corrected chi connectivity index (χ1v) is 11.9. The maximum absolute atomic E-state index is 13.1. The van der Waals surface area contributed by atoms with Crippen molar-refractivity contribution in [3.8, 4) is 0 Å². The Morgan fingerprint density at radius 3 is 2.19 bits per heavy atom. The van der Waals surface area contributed by atoms with Gasteiger partial charge >= 0.3 is 0 Å². The van der Waals surface area contributed by atoms with E-state index in [2.05, 4.69) is 58.4 Å². The van der Waals surface area contributed by atoms with Crippen LogP contribution in [0.25, 0.3) is 6.08 Å². The molecule has 0 bridgehead atoms. The van der Waals surface area contributed by atoms with Crippen molar-refractivity contribution in [2.45, 2.75) is 0 Å². The van der Waals surface area contributed by atoms with Gasteiger partial charge in [0.2, 0.25) is 0 Å². The lowest BCUT2D eigenvalue weighted by Gasteiger charge is -2.14. The molecule has 0 aromatic heterocycles. The number of hydrogen-bond donors (Lipinski definition) is 2. The van der Waals surface area contributed by atoms with Gasteiger partial charge < -0.3 is 15.5 Å². The van der Waals surface area contributed by atoms with Crippen molar-refractivity contribution in [2.75, 3.05) is 24.3 Å². The summed E-state index contributed by atoms with van der Waals surface area (Å²) in [6.07, 6.45) is 1.65. The van der Waals surface area contributed by atoms with Crippen LogP contribution in [0.5, 0.6) is 0 Å². The maximum Gasteiger partial charge on any atom is 0.272 e. The first-order valence-electron chi connectivity index (χ1n) is 9.56. The fourth-order valence-electron chi connectivity index (χ4n) is 2.81. The standard InChI is InChI=1S/C24H20Br3N3O2/c1-30(2)17-10-7-15(8-11-17)13-22(29-23(31)18-5-3-4-6-19(18)26)24(32)28-21-12-9-16(25)14-20(21)27/h3-14H,1-2H3,(H,28,32)(H,29,31)/b22-13+. The number of nitrogens with one attached hydrogen (secondary N) is 2. The molecule has 3 rings (SSSR count). The van der Waals surface area contributed by atoms with E-state index < -0.39 is 11.8 Å². The molecule has 0 aliphatic carbocycles. The fourth-order valence-corrected chi connectivity index (χ4v) is 4.42. The van der Waals surface area contributed by atoms with Crippen molar-refractivity contribution in [3.63, 3.8) is 0 Å². The molecule has 0 saturated carbocycles. The summed E-state index contributed by atoms with van der Waals surface area (Å²) in [5.41, 5.74) is 2.95. The van der Waals surface area contributed by atoms with Gasteiger partial charge in [0, 0.05) is 33.2 Å². The smallest absolute Gasteiger partial charge is 0.272 e. The third-order valence-corrected chi connectivity index (χ3v) is 6.35. The minimum Gasteiger partial charge on any atom is -0.378 e. The molecule has 2 amide bonds. The Kier molecular flexibility index (Phi) is 8.28. The highest BCUT2D eigenvalue weighted by Crippen LogP contribution is 2.27. The van der Waals surface area contributed by atoms with E-state index in [1.54, 1.807) is 30.3 Å². The zero-order valence-corrected chi connectivity index (χ0v) is 22.1. The van der Waals surface area contributed by atoms with Crippen molar-refractivity contribution < 1.29 is 9.59 Å². The SMILES string of the molecule is CN(C)c1ccc(/C=C(/NC(=O)c2ccccc2Br)C(=O)Nc2ccc(Br)cc2Br)cc1. The zero-order valence-electron chi connectivity index (χ0n) is 17.3. The van der Waals surface area contributed by atoms with Crippen LogP contribution in [0.1, 0.15) is 15.9 Å². The van der Waals surface area contributed by atoms with E-state index in [1.165, 1.54) is 0 Å². The van der Waals surface area contributed by atoms with Crippen LogP contribution in [0, 0.1) is 0 Å². The number of amides is 2. The van der Waals surface area contributed by atoms with E-state index >= 15 is 0 Å². The topological polar surface area (TPSA) is 61.4 Å². The lowest BCUT2D eigenvalue weighted by Crippen LogP contribution is -2.31. The number of nitrogens with zero attached hydrogens (tertiary/aromatic N) is 1. The molecule has 0 aliphatic rings. The molecule has 0 heterocycles. The van der Waals surface area contributed by atoms with Crippen LogP contribution in [0.4, 0.5) is 11.4 Å². The molecule has 0 unspecified atom stereocenters. The van der Waals surface area contributed by atoms with Gasteiger partial charge in [-0.25, -0.2) is 0 Å². The Morgan fingerprint density at radius 2 is 1.56 bits per heavy atom. The Balaban J connectivity index is 1.93. The average Bonchev–Trinajstić information content (AvgIpc) is 2.75. The van der Waals surface area contributed by atoms with Gasteiger partial charge in [-0.15, -0.1) is 0 Å². The molecule has 5 nitrogen and oxygen atoms in total. The second kappa shape index (κ2) is 10.9. The molecule has 0 spiro atoms. The molecule has 3 aromatic carbocycles.